The van der Waals surface area contributed by atoms with E-state index in [1.807, 2.05) is 12.1 Å². The Morgan fingerprint density at radius 1 is 1.50 bits per heavy atom. The quantitative estimate of drug-likeness (QED) is 0.792. The van der Waals surface area contributed by atoms with Crippen LogP contribution >= 0.6 is 39.1 Å². The molecular formula is C7H4BrClN2S. The number of nitrogens with two attached hydrogens (primary N) is 1. The van der Waals surface area contributed by atoms with E-state index in [9.17, 15) is 0 Å². The van der Waals surface area contributed by atoms with Crippen molar-refractivity contribution in [1.82, 2.24) is 4.37 Å². The van der Waals surface area contributed by atoms with Gasteiger partial charge in [-0.25, -0.2) is 0 Å². The number of benzene rings is 1. The molecule has 12 heavy (non-hydrogen) atoms. The third-order valence-corrected chi connectivity index (χ3v) is 3.04. The largest absolute Gasteiger partial charge is 0.389 e. The molecule has 0 aliphatic heterocycles. The van der Waals surface area contributed by atoms with Crippen LogP contribution in [-0.4, -0.2) is 4.37 Å². The molecular weight excluding hydrogens is 260 g/mol. The third kappa shape index (κ3) is 1.20. The van der Waals surface area contributed by atoms with Gasteiger partial charge >= 0.3 is 0 Å². The molecule has 0 fully saturated rings. The fourth-order valence-corrected chi connectivity index (χ4v) is 2.65. The van der Waals surface area contributed by atoms with Gasteiger partial charge < -0.3 is 5.73 Å². The maximum Gasteiger partial charge on any atom is 0.114 e. The zero-order valence-corrected chi connectivity index (χ0v) is 9.00. The summed E-state index contributed by atoms with van der Waals surface area (Å²) >= 11 is 10.5. The predicted octanol–water partition coefficient (Wildman–Crippen LogP) is 3.29. The Hall–Kier alpha value is -0.320. The third-order valence-electron chi connectivity index (χ3n) is 1.53. The summed E-state index contributed by atoms with van der Waals surface area (Å²) in [6.07, 6.45) is 0. The summed E-state index contributed by atoms with van der Waals surface area (Å²) in [6, 6.07) is 3.63. The Labute approximate surface area is 86.6 Å². The summed E-state index contributed by atoms with van der Waals surface area (Å²) in [5.41, 5.74) is 6.57. The first kappa shape index (κ1) is 8.29. The van der Waals surface area contributed by atoms with Gasteiger partial charge in [-0.05, 0) is 39.6 Å². The first-order valence-corrected chi connectivity index (χ1v) is 5.13. The van der Waals surface area contributed by atoms with E-state index < -0.39 is 0 Å². The highest BCUT2D eigenvalue weighted by Gasteiger charge is 2.06. The van der Waals surface area contributed by atoms with Crippen molar-refractivity contribution in [3.63, 3.8) is 0 Å². The average molecular weight is 264 g/mol. The molecule has 0 spiro atoms. The second kappa shape index (κ2) is 2.87. The van der Waals surface area contributed by atoms with Crippen molar-refractivity contribution in [1.29, 1.82) is 0 Å². The summed E-state index contributed by atoms with van der Waals surface area (Å²) < 4.78 is 5.06. The number of halogens is 2. The number of nitrogens with zero attached hydrogens (tertiary/aromatic N) is 1. The molecule has 0 aliphatic rings. The Balaban J connectivity index is 2.92. The van der Waals surface area contributed by atoms with Crippen LogP contribution in [-0.2, 0) is 0 Å². The predicted molar refractivity (Wildman–Crippen MR) is 56.7 cm³/mol. The molecule has 2 nitrogen and oxygen atoms in total. The summed E-state index contributed by atoms with van der Waals surface area (Å²) in [4.78, 5) is 0. The molecule has 0 radical (unpaired) electrons. The summed E-state index contributed by atoms with van der Waals surface area (Å²) in [5, 5.41) is 2.29. The van der Waals surface area contributed by atoms with Gasteiger partial charge in [-0.3, -0.25) is 0 Å². The monoisotopic (exact) mass is 262 g/mol. The van der Waals surface area contributed by atoms with E-state index in [2.05, 4.69) is 20.3 Å². The molecule has 1 heterocycles. The van der Waals surface area contributed by atoms with Crippen LogP contribution in [0.1, 0.15) is 0 Å². The number of hydrogen-bond acceptors (Lipinski definition) is 3. The van der Waals surface area contributed by atoms with Crippen molar-refractivity contribution in [2.45, 2.75) is 0 Å². The van der Waals surface area contributed by atoms with Crippen LogP contribution < -0.4 is 5.73 Å². The molecule has 5 heteroatoms. The smallest absolute Gasteiger partial charge is 0.114 e. The highest BCUT2D eigenvalue weighted by atomic mass is 79.9. The Bertz CT molecular complexity index is 440. The average Bonchev–Trinajstić information content (AvgIpc) is 2.33. The Morgan fingerprint density at radius 2 is 2.25 bits per heavy atom. The van der Waals surface area contributed by atoms with E-state index in [0.717, 1.165) is 15.4 Å². The number of anilines is 1. The highest BCUT2D eigenvalue weighted by molar-refractivity contribution is 9.10. The topological polar surface area (TPSA) is 38.9 Å². The molecule has 0 amide bonds. The molecule has 0 atom stereocenters. The fraction of sp³-hybridized carbons (Fsp3) is 0. The lowest BCUT2D eigenvalue weighted by atomic mass is 10.2. The minimum Gasteiger partial charge on any atom is -0.389 e. The number of fused-ring (bicyclic) bond motifs is 1. The van der Waals surface area contributed by atoms with Crippen LogP contribution in [0.3, 0.4) is 0 Å². The van der Waals surface area contributed by atoms with Crippen molar-refractivity contribution in [2.75, 3.05) is 5.73 Å². The molecule has 0 unspecified atom stereocenters. The van der Waals surface area contributed by atoms with Gasteiger partial charge in [0.15, 0.2) is 0 Å². The van der Waals surface area contributed by atoms with E-state index in [0.29, 0.717) is 10.0 Å². The van der Waals surface area contributed by atoms with Crippen molar-refractivity contribution < 1.29 is 0 Å². The normalized spacial score (nSPS) is 10.8. The fourth-order valence-electron chi connectivity index (χ4n) is 0.991. The molecule has 62 valence electrons. The molecule has 0 aliphatic carbocycles. The van der Waals surface area contributed by atoms with Crippen LogP contribution in [0, 0.1) is 0 Å². The lowest BCUT2D eigenvalue weighted by Crippen LogP contribution is -1.79. The van der Waals surface area contributed by atoms with E-state index in [-0.39, 0.29) is 0 Å². The van der Waals surface area contributed by atoms with E-state index in [4.69, 9.17) is 17.3 Å². The number of nitrogen functional groups attached to an aromatic ring is 1. The van der Waals surface area contributed by atoms with E-state index >= 15 is 0 Å². The van der Waals surface area contributed by atoms with Gasteiger partial charge in [0.05, 0.1) is 0 Å². The molecule has 0 saturated heterocycles. The molecule has 0 bridgehead atoms. The van der Waals surface area contributed by atoms with Crippen LogP contribution in [0.25, 0.3) is 10.9 Å². The van der Waals surface area contributed by atoms with Crippen molar-refractivity contribution >= 4 is 55.0 Å². The van der Waals surface area contributed by atoms with Gasteiger partial charge in [-0.15, -0.1) is 0 Å². The SMILES string of the molecule is Nc1snc2c(Br)cc(Cl)cc12. The number of hydrogen-bond donors (Lipinski definition) is 1. The summed E-state index contributed by atoms with van der Waals surface area (Å²) in [5.74, 6) is 0. The van der Waals surface area contributed by atoms with Crippen molar-refractivity contribution in [3.8, 4) is 0 Å². The Kier molecular flexibility index (Phi) is 1.98. The molecule has 1 aromatic carbocycles. The van der Waals surface area contributed by atoms with Gasteiger partial charge in [-0.1, -0.05) is 11.6 Å². The number of rotatable bonds is 0. The zero-order valence-electron chi connectivity index (χ0n) is 5.84. The molecule has 2 rings (SSSR count). The maximum absolute atomic E-state index is 5.84. The molecule has 2 aromatic rings. The second-order valence-corrected chi connectivity index (χ2v) is 4.43. The van der Waals surface area contributed by atoms with Crippen molar-refractivity contribution in [3.05, 3.63) is 21.6 Å². The first-order valence-electron chi connectivity index (χ1n) is 3.18. The lowest BCUT2D eigenvalue weighted by molar-refractivity contribution is 1.63. The van der Waals surface area contributed by atoms with Gasteiger partial charge in [0.25, 0.3) is 0 Å². The van der Waals surface area contributed by atoms with E-state index in [1.54, 1.807) is 0 Å². The van der Waals surface area contributed by atoms with Gasteiger partial charge in [0.2, 0.25) is 0 Å². The summed E-state index contributed by atoms with van der Waals surface area (Å²) in [7, 11) is 0. The summed E-state index contributed by atoms with van der Waals surface area (Å²) in [6.45, 7) is 0. The maximum atomic E-state index is 5.84. The van der Waals surface area contributed by atoms with Gasteiger partial charge in [-0.2, -0.15) is 4.37 Å². The van der Waals surface area contributed by atoms with Gasteiger partial charge in [0, 0.05) is 14.9 Å². The van der Waals surface area contributed by atoms with Crippen LogP contribution in [0.5, 0.6) is 0 Å². The minimum absolute atomic E-state index is 0.668. The van der Waals surface area contributed by atoms with Crippen molar-refractivity contribution in [2.24, 2.45) is 0 Å². The lowest BCUT2D eigenvalue weighted by Gasteiger charge is -1.94. The second-order valence-electron chi connectivity index (χ2n) is 2.33. The minimum atomic E-state index is 0.668. The Morgan fingerprint density at radius 3 is 3.00 bits per heavy atom. The van der Waals surface area contributed by atoms with E-state index in [1.165, 1.54) is 11.5 Å². The van der Waals surface area contributed by atoms with Gasteiger partial charge in [0.1, 0.15) is 10.5 Å². The first-order chi connectivity index (χ1) is 5.68. The standard InChI is InChI=1S/C7H4BrClN2S/c8-5-2-3(9)1-4-6(5)11-12-7(4)10/h1-2H,10H2. The van der Waals surface area contributed by atoms with Crippen LogP contribution in [0.4, 0.5) is 5.00 Å². The molecule has 2 N–H and O–H groups in total. The zero-order chi connectivity index (χ0) is 8.72. The molecule has 1 aromatic heterocycles. The van der Waals surface area contributed by atoms with Crippen LogP contribution in [0.15, 0.2) is 16.6 Å². The molecule has 0 saturated carbocycles. The highest BCUT2D eigenvalue weighted by Crippen LogP contribution is 2.32. The number of aromatic nitrogens is 1. The van der Waals surface area contributed by atoms with Crippen LogP contribution in [0.2, 0.25) is 5.02 Å².